The van der Waals surface area contributed by atoms with Crippen LogP contribution in [-0.4, -0.2) is 27.9 Å². The minimum absolute atomic E-state index is 0.0902. The van der Waals surface area contributed by atoms with Gasteiger partial charge < -0.3 is 14.9 Å². The smallest absolute Gasteiger partial charge is 0.373 e. The van der Waals surface area contributed by atoms with Crippen molar-refractivity contribution >= 4 is 22.4 Å². The number of nitrogens with zero attached hydrogens (tertiary/aromatic N) is 1. The largest absolute Gasteiger partial charge is 0.426 e. The molecule has 1 aromatic heterocycles. The number of aliphatic hydroxyl groups is 1. The number of carbonyl (C=O) groups is 1. The van der Waals surface area contributed by atoms with E-state index in [1.165, 1.54) is 19.1 Å². The second-order valence-electron chi connectivity index (χ2n) is 8.54. The van der Waals surface area contributed by atoms with Crippen molar-refractivity contribution in [2.75, 3.05) is 5.32 Å². The number of aryl methyl sites for hydroxylation is 1. The van der Waals surface area contributed by atoms with E-state index >= 15 is 0 Å². The van der Waals surface area contributed by atoms with Crippen LogP contribution in [0.15, 0.2) is 39.6 Å². The van der Waals surface area contributed by atoms with E-state index in [4.69, 9.17) is 0 Å². The minimum atomic E-state index is -5.40. The van der Waals surface area contributed by atoms with Crippen LogP contribution in [0.2, 0.25) is 0 Å². The number of hydrogen-bond donors (Lipinski definition) is 2. The number of rotatable bonds is 5. The van der Waals surface area contributed by atoms with Crippen LogP contribution in [-0.2, 0) is 4.79 Å². The SMILES string of the molecule is Cc1noc(=O)c2ccc(NC(=O)C(O)(CC3CCC3c3ccc(F)c(F)c3F)C(F)(F)F)cc12. The second kappa shape index (κ2) is 8.67. The van der Waals surface area contributed by atoms with E-state index < -0.39 is 59.0 Å². The molecule has 3 aromatic rings. The van der Waals surface area contributed by atoms with Crippen molar-refractivity contribution in [1.29, 1.82) is 0 Å². The molecule has 6 nitrogen and oxygen atoms in total. The number of halogens is 6. The fourth-order valence-electron chi connectivity index (χ4n) is 4.31. The van der Waals surface area contributed by atoms with Crippen LogP contribution in [0, 0.1) is 30.3 Å². The lowest BCUT2D eigenvalue weighted by molar-refractivity contribution is -0.256. The fourth-order valence-corrected chi connectivity index (χ4v) is 4.31. The number of alkyl halides is 3. The summed E-state index contributed by atoms with van der Waals surface area (Å²) in [6, 6.07) is 5.22. The average molecular weight is 500 g/mol. The van der Waals surface area contributed by atoms with E-state index in [0.29, 0.717) is 6.07 Å². The minimum Gasteiger partial charge on any atom is -0.373 e. The molecule has 0 radical (unpaired) electrons. The third-order valence-corrected chi connectivity index (χ3v) is 6.44. The van der Waals surface area contributed by atoms with Crippen molar-refractivity contribution in [3.63, 3.8) is 0 Å². The van der Waals surface area contributed by atoms with Crippen LogP contribution in [0.4, 0.5) is 32.0 Å². The van der Waals surface area contributed by atoms with Crippen molar-refractivity contribution in [3.05, 3.63) is 69.5 Å². The molecule has 35 heavy (non-hydrogen) atoms. The Balaban J connectivity index is 1.61. The van der Waals surface area contributed by atoms with Crippen molar-refractivity contribution in [2.45, 2.75) is 43.9 Å². The highest BCUT2D eigenvalue weighted by atomic mass is 19.4. The number of hydrogen-bond acceptors (Lipinski definition) is 5. The van der Waals surface area contributed by atoms with E-state index in [1.807, 2.05) is 5.32 Å². The van der Waals surface area contributed by atoms with Crippen molar-refractivity contribution in [2.24, 2.45) is 5.92 Å². The van der Waals surface area contributed by atoms with Crippen LogP contribution in [0.25, 0.3) is 10.8 Å². The molecule has 1 aliphatic carbocycles. The molecule has 1 heterocycles. The molecule has 0 saturated heterocycles. The predicted molar refractivity (Wildman–Crippen MR) is 111 cm³/mol. The number of nitrogens with one attached hydrogen (secondary N) is 1. The van der Waals surface area contributed by atoms with Gasteiger partial charge in [-0.2, -0.15) is 13.2 Å². The summed E-state index contributed by atoms with van der Waals surface area (Å²) < 4.78 is 87.4. The second-order valence-corrected chi connectivity index (χ2v) is 8.54. The highest BCUT2D eigenvalue weighted by molar-refractivity contribution is 5.99. The van der Waals surface area contributed by atoms with Crippen molar-refractivity contribution in [3.8, 4) is 0 Å². The number of amides is 1. The molecule has 1 fully saturated rings. The zero-order valence-corrected chi connectivity index (χ0v) is 18.0. The Bertz CT molecular complexity index is 1370. The molecule has 1 saturated carbocycles. The molecule has 0 spiro atoms. The van der Waals surface area contributed by atoms with Gasteiger partial charge >= 0.3 is 11.8 Å². The summed E-state index contributed by atoms with van der Waals surface area (Å²) >= 11 is 0. The van der Waals surface area contributed by atoms with Gasteiger partial charge in [-0.25, -0.2) is 18.0 Å². The molecule has 3 unspecified atom stereocenters. The van der Waals surface area contributed by atoms with Crippen molar-refractivity contribution < 1.29 is 40.8 Å². The van der Waals surface area contributed by atoms with Gasteiger partial charge in [0, 0.05) is 11.1 Å². The normalized spacial score (nSPS) is 19.8. The first-order chi connectivity index (χ1) is 16.3. The molecule has 12 heteroatoms. The fraction of sp³-hybridized carbons (Fsp3) is 0.348. The third-order valence-electron chi connectivity index (χ3n) is 6.44. The lowest BCUT2D eigenvalue weighted by Gasteiger charge is -2.42. The molecule has 0 bridgehead atoms. The van der Waals surface area contributed by atoms with Gasteiger partial charge in [0.2, 0.25) is 5.60 Å². The van der Waals surface area contributed by atoms with Crippen LogP contribution < -0.4 is 10.9 Å². The third kappa shape index (κ3) is 4.26. The van der Waals surface area contributed by atoms with Crippen LogP contribution >= 0.6 is 0 Å². The molecule has 1 aliphatic rings. The van der Waals surface area contributed by atoms with Crippen LogP contribution in [0.1, 0.15) is 36.4 Å². The molecule has 2 aromatic carbocycles. The van der Waals surface area contributed by atoms with Gasteiger partial charge in [0.05, 0.1) is 11.1 Å². The summed E-state index contributed by atoms with van der Waals surface area (Å²) in [6.07, 6.45) is -6.25. The Hall–Kier alpha value is -3.41. The first-order valence-electron chi connectivity index (χ1n) is 10.5. The predicted octanol–water partition coefficient (Wildman–Crippen LogP) is 4.73. The Morgan fingerprint density at radius 3 is 2.46 bits per heavy atom. The lowest BCUT2D eigenvalue weighted by atomic mass is 9.65. The highest BCUT2D eigenvalue weighted by Gasteiger charge is 2.61. The topological polar surface area (TPSA) is 92.4 Å². The van der Waals surface area contributed by atoms with Gasteiger partial charge in [0.25, 0.3) is 5.91 Å². The zero-order valence-electron chi connectivity index (χ0n) is 18.0. The lowest BCUT2D eigenvalue weighted by Crippen LogP contribution is -2.56. The maximum absolute atomic E-state index is 14.2. The molecule has 1 amide bonds. The van der Waals surface area contributed by atoms with E-state index in [2.05, 4.69) is 9.68 Å². The van der Waals surface area contributed by atoms with Crippen LogP contribution in [0.5, 0.6) is 0 Å². The molecule has 2 N–H and O–H groups in total. The molecule has 0 aliphatic heterocycles. The summed E-state index contributed by atoms with van der Waals surface area (Å²) in [5.74, 6) is -8.45. The molecule has 4 rings (SSSR count). The summed E-state index contributed by atoms with van der Waals surface area (Å²) in [4.78, 5) is 24.4. The van der Waals surface area contributed by atoms with E-state index in [9.17, 15) is 41.0 Å². The Morgan fingerprint density at radius 2 is 1.83 bits per heavy atom. The molecule has 186 valence electrons. The van der Waals surface area contributed by atoms with Gasteiger partial charge in [0.15, 0.2) is 17.5 Å². The van der Waals surface area contributed by atoms with Gasteiger partial charge in [-0.3, -0.25) is 4.79 Å². The van der Waals surface area contributed by atoms with Crippen molar-refractivity contribution in [1.82, 2.24) is 5.16 Å². The van der Waals surface area contributed by atoms with Gasteiger partial charge in [0.1, 0.15) is 0 Å². The Morgan fingerprint density at radius 1 is 1.11 bits per heavy atom. The van der Waals surface area contributed by atoms with Crippen LogP contribution in [0.3, 0.4) is 0 Å². The van der Waals surface area contributed by atoms with E-state index in [-0.39, 0.29) is 40.6 Å². The maximum Gasteiger partial charge on any atom is 0.426 e. The zero-order chi connectivity index (χ0) is 25.7. The van der Waals surface area contributed by atoms with Gasteiger partial charge in [-0.15, -0.1) is 0 Å². The monoisotopic (exact) mass is 500 g/mol. The standard InChI is InChI=1S/C23H18F6N2O4/c1-10-16-8-12(3-5-15(16)20(32)35-31-10)30-21(33)22(34,23(27,28)29)9-11-2-4-13(11)14-6-7-17(24)19(26)18(14)25/h3,5-8,11,13,34H,2,4,9H2,1H3,(H,30,33). The maximum atomic E-state index is 14.2. The van der Waals surface area contributed by atoms with Gasteiger partial charge in [-0.05, 0) is 67.9 Å². The number of aromatic nitrogens is 1. The first-order valence-corrected chi connectivity index (χ1v) is 10.5. The summed E-state index contributed by atoms with van der Waals surface area (Å²) in [5, 5.41) is 16.4. The quantitative estimate of drug-likeness (QED) is 0.391. The first kappa shape index (κ1) is 24.7. The molecule has 3 atom stereocenters. The summed E-state index contributed by atoms with van der Waals surface area (Å²) in [6.45, 7) is 1.48. The number of fused-ring (bicyclic) bond motifs is 1. The number of anilines is 1. The van der Waals surface area contributed by atoms with E-state index in [1.54, 1.807) is 0 Å². The van der Waals surface area contributed by atoms with Gasteiger partial charge in [-0.1, -0.05) is 11.2 Å². The number of benzene rings is 2. The van der Waals surface area contributed by atoms with E-state index in [0.717, 1.165) is 12.1 Å². The summed E-state index contributed by atoms with van der Waals surface area (Å²) in [7, 11) is 0. The molecular weight excluding hydrogens is 482 g/mol. The number of carbonyl (C=O) groups excluding carboxylic acids is 1. The Kier molecular flexibility index (Phi) is 6.12. The average Bonchev–Trinajstić information content (AvgIpc) is 2.78. The molecular formula is C23H18F6N2O4. The highest BCUT2D eigenvalue weighted by Crippen LogP contribution is 2.50. The summed E-state index contributed by atoms with van der Waals surface area (Å²) in [5.41, 5.74) is -4.86. The Labute approximate surface area is 193 Å².